The lowest BCUT2D eigenvalue weighted by Crippen LogP contribution is -2.53. The lowest BCUT2D eigenvalue weighted by molar-refractivity contribution is -0.128. The summed E-state index contributed by atoms with van der Waals surface area (Å²) in [5, 5.41) is 7.52. The monoisotopic (exact) mass is 322 g/mol. The van der Waals surface area contributed by atoms with Crippen molar-refractivity contribution in [3.63, 3.8) is 0 Å². The lowest BCUT2D eigenvalue weighted by Gasteiger charge is -2.28. The van der Waals surface area contributed by atoms with Crippen LogP contribution < -0.4 is 10.6 Å². The first-order chi connectivity index (χ1) is 10.1. The molecule has 1 amide bonds. The van der Waals surface area contributed by atoms with Gasteiger partial charge in [-0.2, -0.15) is 0 Å². The van der Waals surface area contributed by atoms with Gasteiger partial charge in [0.1, 0.15) is 11.3 Å². The third-order valence-corrected chi connectivity index (χ3v) is 4.50. The average molecular weight is 323 g/mol. The molecule has 1 fully saturated rings. The summed E-state index contributed by atoms with van der Waals surface area (Å²) in [4.78, 5) is 12.6. The van der Waals surface area contributed by atoms with E-state index in [1.54, 1.807) is 0 Å². The number of benzene rings is 1. The first kappa shape index (κ1) is 16.8. The maximum Gasteiger partial charge on any atom is 0.240 e. The lowest BCUT2D eigenvalue weighted by atomic mass is 9.93. The SMILES string of the molecule is CCC1(C(=O)NC(C)c2cc3ccccc3o2)CCCN1.Cl. The second kappa shape index (κ2) is 6.71. The van der Waals surface area contributed by atoms with Crippen molar-refractivity contribution in [3.8, 4) is 0 Å². The van der Waals surface area contributed by atoms with Crippen molar-refractivity contribution in [2.45, 2.75) is 44.7 Å². The van der Waals surface area contributed by atoms with E-state index in [2.05, 4.69) is 17.6 Å². The smallest absolute Gasteiger partial charge is 0.240 e. The number of nitrogens with one attached hydrogen (secondary N) is 2. The van der Waals surface area contributed by atoms with E-state index >= 15 is 0 Å². The standard InChI is InChI=1S/C17H22N2O2.ClH/c1-3-17(9-6-10-18-17)16(20)19-12(2)15-11-13-7-4-5-8-14(13)21-15;/h4-5,7-8,11-12,18H,3,6,9-10H2,1-2H3,(H,19,20);1H. The number of amides is 1. The molecule has 2 heterocycles. The number of carbonyl (C=O) groups excluding carboxylic acids is 1. The molecule has 1 aromatic carbocycles. The van der Waals surface area contributed by atoms with Gasteiger partial charge in [0.05, 0.1) is 11.6 Å². The van der Waals surface area contributed by atoms with Crippen molar-refractivity contribution < 1.29 is 9.21 Å². The number of carbonyl (C=O) groups is 1. The molecule has 5 heteroatoms. The Balaban J connectivity index is 0.00000176. The van der Waals surface area contributed by atoms with Crippen molar-refractivity contribution in [1.29, 1.82) is 0 Å². The Morgan fingerprint density at radius 2 is 2.23 bits per heavy atom. The molecule has 2 N–H and O–H groups in total. The van der Waals surface area contributed by atoms with Gasteiger partial charge in [0, 0.05) is 5.39 Å². The highest BCUT2D eigenvalue weighted by atomic mass is 35.5. The minimum atomic E-state index is -0.403. The normalized spacial score (nSPS) is 22.3. The van der Waals surface area contributed by atoms with Crippen LogP contribution in [0.4, 0.5) is 0 Å². The van der Waals surface area contributed by atoms with Crippen molar-refractivity contribution in [3.05, 3.63) is 36.1 Å². The van der Waals surface area contributed by atoms with Crippen molar-refractivity contribution in [2.24, 2.45) is 0 Å². The number of rotatable bonds is 4. The highest BCUT2D eigenvalue weighted by molar-refractivity contribution is 5.87. The fourth-order valence-corrected chi connectivity index (χ4v) is 3.08. The molecule has 0 saturated carbocycles. The van der Waals surface area contributed by atoms with Gasteiger partial charge < -0.3 is 15.1 Å². The molecular weight excluding hydrogens is 300 g/mol. The van der Waals surface area contributed by atoms with Crippen molar-refractivity contribution in [1.82, 2.24) is 10.6 Å². The van der Waals surface area contributed by atoms with E-state index in [1.165, 1.54) is 0 Å². The zero-order valence-electron chi connectivity index (χ0n) is 13.0. The zero-order chi connectivity index (χ0) is 14.9. The van der Waals surface area contributed by atoms with Crippen LogP contribution in [0.1, 0.15) is 44.9 Å². The van der Waals surface area contributed by atoms with Gasteiger partial charge in [0.2, 0.25) is 5.91 Å². The Morgan fingerprint density at radius 3 is 2.86 bits per heavy atom. The van der Waals surface area contributed by atoms with Crippen LogP contribution in [0.3, 0.4) is 0 Å². The molecule has 1 aromatic heterocycles. The average Bonchev–Trinajstić information content (AvgIpc) is 3.14. The van der Waals surface area contributed by atoms with Gasteiger partial charge in [-0.05, 0) is 44.9 Å². The fraction of sp³-hybridized carbons (Fsp3) is 0.471. The van der Waals surface area contributed by atoms with Gasteiger partial charge in [0.25, 0.3) is 0 Å². The third kappa shape index (κ3) is 2.99. The summed E-state index contributed by atoms with van der Waals surface area (Å²) in [5.74, 6) is 0.879. The number of halogens is 1. The summed E-state index contributed by atoms with van der Waals surface area (Å²) in [6, 6.07) is 9.77. The van der Waals surface area contributed by atoms with Gasteiger partial charge in [-0.3, -0.25) is 4.79 Å². The molecule has 4 nitrogen and oxygen atoms in total. The highest BCUT2D eigenvalue weighted by Crippen LogP contribution is 2.27. The van der Waals surface area contributed by atoms with Gasteiger partial charge in [-0.15, -0.1) is 12.4 Å². The summed E-state index contributed by atoms with van der Waals surface area (Å²) >= 11 is 0. The number of hydrogen-bond acceptors (Lipinski definition) is 3. The van der Waals surface area contributed by atoms with Crippen LogP contribution in [0.5, 0.6) is 0 Å². The Hall–Kier alpha value is -1.52. The number of fused-ring (bicyclic) bond motifs is 1. The Labute approximate surface area is 137 Å². The van der Waals surface area contributed by atoms with Gasteiger partial charge >= 0.3 is 0 Å². The molecule has 2 unspecified atom stereocenters. The highest BCUT2D eigenvalue weighted by Gasteiger charge is 2.39. The van der Waals surface area contributed by atoms with Crippen LogP contribution in [0.15, 0.2) is 34.7 Å². The Kier molecular flexibility index (Phi) is 5.14. The number of para-hydroxylation sites is 1. The zero-order valence-corrected chi connectivity index (χ0v) is 13.8. The molecule has 0 radical (unpaired) electrons. The van der Waals surface area contributed by atoms with Crippen LogP contribution >= 0.6 is 12.4 Å². The number of furan rings is 1. The van der Waals surface area contributed by atoms with Gasteiger partial charge in [-0.25, -0.2) is 0 Å². The Bertz CT molecular complexity index is 614. The first-order valence-electron chi connectivity index (χ1n) is 7.69. The molecule has 0 aliphatic carbocycles. The summed E-state index contributed by atoms with van der Waals surface area (Å²) in [6.07, 6.45) is 2.77. The molecule has 0 bridgehead atoms. The molecule has 0 spiro atoms. The van der Waals surface area contributed by atoms with Gasteiger partial charge in [-0.1, -0.05) is 25.1 Å². The second-order valence-electron chi connectivity index (χ2n) is 5.85. The van der Waals surface area contributed by atoms with E-state index in [0.717, 1.165) is 42.5 Å². The van der Waals surface area contributed by atoms with E-state index in [9.17, 15) is 4.79 Å². The van der Waals surface area contributed by atoms with E-state index in [-0.39, 0.29) is 24.4 Å². The molecule has 2 atom stereocenters. The number of hydrogen-bond donors (Lipinski definition) is 2. The predicted octanol–water partition coefficient (Wildman–Crippen LogP) is 3.56. The van der Waals surface area contributed by atoms with Crippen LogP contribution in [-0.4, -0.2) is 18.0 Å². The van der Waals surface area contributed by atoms with Crippen LogP contribution in [0, 0.1) is 0 Å². The molecule has 1 aliphatic rings. The third-order valence-electron chi connectivity index (χ3n) is 4.50. The molecule has 2 aromatic rings. The van der Waals surface area contributed by atoms with E-state index in [0.29, 0.717) is 0 Å². The molecule has 1 saturated heterocycles. The fourth-order valence-electron chi connectivity index (χ4n) is 3.08. The molecule has 120 valence electrons. The summed E-state index contributed by atoms with van der Waals surface area (Å²) in [5.41, 5.74) is 0.457. The molecular formula is C17H23ClN2O2. The van der Waals surface area contributed by atoms with E-state index in [4.69, 9.17) is 4.42 Å². The van der Waals surface area contributed by atoms with E-state index in [1.807, 2.05) is 37.3 Å². The molecule has 3 rings (SSSR count). The summed E-state index contributed by atoms with van der Waals surface area (Å²) < 4.78 is 5.82. The molecule has 1 aliphatic heterocycles. The maximum atomic E-state index is 12.6. The van der Waals surface area contributed by atoms with E-state index < -0.39 is 5.54 Å². The summed E-state index contributed by atoms with van der Waals surface area (Å²) in [7, 11) is 0. The molecule has 22 heavy (non-hydrogen) atoms. The second-order valence-corrected chi connectivity index (χ2v) is 5.85. The topological polar surface area (TPSA) is 54.3 Å². The van der Waals surface area contributed by atoms with Crippen LogP contribution in [0.2, 0.25) is 0 Å². The van der Waals surface area contributed by atoms with Crippen LogP contribution in [-0.2, 0) is 4.79 Å². The van der Waals surface area contributed by atoms with Gasteiger partial charge in [0.15, 0.2) is 0 Å². The maximum absolute atomic E-state index is 12.6. The van der Waals surface area contributed by atoms with Crippen LogP contribution in [0.25, 0.3) is 11.0 Å². The largest absolute Gasteiger partial charge is 0.459 e. The first-order valence-corrected chi connectivity index (χ1v) is 7.69. The quantitative estimate of drug-likeness (QED) is 0.905. The Morgan fingerprint density at radius 1 is 1.45 bits per heavy atom. The van der Waals surface area contributed by atoms with Crippen molar-refractivity contribution >= 4 is 29.3 Å². The minimum absolute atomic E-state index is 0. The minimum Gasteiger partial charge on any atom is -0.459 e. The van der Waals surface area contributed by atoms with Crippen molar-refractivity contribution in [2.75, 3.05) is 6.54 Å². The summed E-state index contributed by atoms with van der Waals surface area (Å²) in [6.45, 7) is 4.94. The predicted molar refractivity (Wildman–Crippen MR) is 90.3 cm³/mol.